The van der Waals surface area contributed by atoms with Gasteiger partial charge < -0.3 is 20.3 Å². The van der Waals surface area contributed by atoms with Gasteiger partial charge in [-0.05, 0) is 25.6 Å². The predicted molar refractivity (Wildman–Crippen MR) is 94.2 cm³/mol. The molecule has 0 radical (unpaired) electrons. The lowest BCUT2D eigenvalue weighted by Gasteiger charge is -2.36. The van der Waals surface area contributed by atoms with Gasteiger partial charge in [0.15, 0.2) is 5.11 Å². The third-order valence-corrected chi connectivity index (χ3v) is 4.10. The summed E-state index contributed by atoms with van der Waals surface area (Å²) in [5, 5.41) is 5.52. The average Bonchev–Trinajstić information content (AvgIpc) is 2.47. The van der Waals surface area contributed by atoms with E-state index in [9.17, 15) is 14.4 Å². The third kappa shape index (κ3) is 5.74. The van der Waals surface area contributed by atoms with Gasteiger partial charge in [0.05, 0.1) is 12.5 Å². The molecule has 8 heteroatoms. The molecular formula is C16H27N3O4S. The first-order valence-electron chi connectivity index (χ1n) is 8.15. The van der Waals surface area contributed by atoms with Crippen LogP contribution in [0.3, 0.4) is 0 Å². The summed E-state index contributed by atoms with van der Waals surface area (Å²) in [6.07, 6.45) is 0.388. The number of ether oxygens (including phenoxy) is 1. The minimum atomic E-state index is -0.775. The highest BCUT2D eigenvalue weighted by atomic mass is 32.1. The van der Waals surface area contributed by atoms with E-state index < -0.39 is 17.4 Å². The van der Waals surface area contributed by atoms with Crippen LogP contribution in [0, 0.1) is 5.41 Å². The topological polar surface area (TPSA) is 87.7 Å². The fourth-order valence-corrected chi connectivity index (χ4v) is 2.34. The maximum absolute atomic E-state index is 12.1. The molecule has 0 spiro atoms. The van der Waals surface area contributed by atoms with Crippen molar-refractivity contribution in [1.82, 2.24) is 15.5 Å². The second-order valence-electron chi connectivity index (χ2n) is 6.92. The van der Waals surface area contributed by atoms with Crippen molar-refractivity contribution >= 4 is 35.1 Å². The second-order valence-corrected chi connectivity index (χ2v) is 7.31. The monoisotopic (exact) mass is 357 g/mol. The van der Waals surface area contributed by atoms with E-state index in [0.29, 0.717) is 19.5 Å². The summed E-state index contributed by atoms with van der Waals surface area (Å²) in [5.74, 6) is -0.990. The number of amides is 2. The lowest BCUT2D eigenvalue weighted by Crippen LogP contribution is -2.61. The van der Waals surface area contributed by atoms with Gasteiger partial charge in [0, 0.05) is 18.5 Å². The summed E-state index contributed by atoms with van der Waals surface area (Å²) in [7, 11) is 0. The van der Waals surface area contributed by atoms with Crippen molar-refractivity contribution in [2.75, 3.05) is 13.1 Å². The van der Waals surface area contributed by atoms with Crippen LogP contribution >= 0.6 is 12.2 Å². The van der Waals surface area contributed by atoms with Crippen LogP contribution in [0.25, 0.3) is 0 Å². The van der Waals surface area contributed by atoms with Crippen LogP contribution in [-0.2, 0) is 19.1 Å². The third-order valence-electron chi connectivity index (χ3n) is 3.76. The van der Waals surface area contributed by atoms with Gasteiger partial charge in [0.25, 0.3) is 0 Å². The molecular weight excluding hydrogens is 330 g/mol. The van der Waals surface area contributed by atoms with Crippen molar-refractivity contribution in [3.8, 4) is 0 Å². The van der Waals surface area contributed by atoms with Crippen molar-refractivity contribution in [3.05, 3.63) is 0 Å². The quantitative estimate of drug-likeness (QED) is 0.576. The fourth-order valence-electron chi connectivity index (χ4n) is 2.03. The molecule has 0 saturated carbocycles. The van der Waals surface area contributed by atoms with Crippen molar-refractivity contribution in [2.45, 2.75) is 59.6 Å². The average molecular weight is 357 g/mol. The van der Waals surface area contributed by atoms with Gasteiger partial charge in [-0.15, -0.1) is 0 Å². The Kier molecular flexibility index (Phi) is 7.13. The molecule has 0 aromatic carbocycles. The van der Waals surface area contributed by atoms with Gasteiger partial charge in [-0.25, -0.2) is 0 Å². The zero-order valence-electron chi connectivity index (χ0n) is 15.0. The SMILES string of the molecule is CCC(C)OC(=O)CC1C(=O)NCCN1C(=S)NC(=O)C(C)(C)C. The molecule has 0 aliphatic carbocycles. The molecule has 1 fully saturated rings. The summed E-state index contributed by atoms with van der Waals surface area (Å²) in [6.45, 7) is 9.86. The van der Waals surface area contributed by atoms with Crippen molar-refractivity contribution < 1.29 is 19.1 Å². The summed E-state index contributed by atoms with van der Waals surface area (Å²) in [5.41, 5.74) is -0.604. The summed E-state index contributed by atoms with van der Waals surface area (Å²) >= 11 is 5.27. The van der Waals surface area contributed by atoms with E-state index in [1.807, 2.05) is 6.92 Å². The number of esters is 1. The predicted octanol–water partition coefficient (Wildman–Crippen LogP) is 0.966. The van der Waals surface area contributed by atoms with E-state index in [-0.39, 0.29) is 29.5 Å². The number of hydrogen-bond donors (Lipinski definition) is 2. The van der Waals surface area contributed by atoms with Crippen molar-refractivity contribution in [2.24, 2.45) is 5.41 Å². The highest BCUT2D eigenvalue weighted by Crippen LogP contribution is 2.15. The van der Waals surface area contributed by atoms with Gasteiger partial charge in [-0.1, -0.05) is 27.7 Å². The molecule has 1 aliphatic rings. The first-order valence-corrected chi connectivity index (χ1v) is 8.56. The standard InChI is InChI=1S/C16H27N3O4S/c1-6-10(2)23-12(20)9-11-13(21)17-7-8-19(11)15(24)18-14(22)16(3,4)5/h10-11H,6-9H2,1-5H3,(H,17,21)(H,18,22,24). The zero-order valence-corrected chi connectivity index (χ0v) is 15.8. The molecule has 24 heavy (non-hydrogen) atoms. The molecule has 0 aromatic heterocycles. The van der Waals surface area contributed by atoms with Crippen LogP contribution in [0.2, 0.25) is 0 Å². The van der Waals surface area contributed by atoms with Crippen LogP contribution in [0.4, 0.5) is 0 Å². The summed E-state index contributed by atoms with van der Waals surface area (Å²) in [6, 6.07) is -0.775. The van der Waals surface area contributed by atoms with E-state index >= 15 is 0 Å². The Morgan fingerprint density at radius 2 is 2.08 bits per heavy atom. The van der Waals surface area contributed by atoms with E-state index in [4.69, 9.17) is 17.0 Å². The normalized spacial score (nSPS) is 19.3. The Balaban J connectivity index is 2.78. The number of nitrogens with zero attached hydrogens (tertiary/aromatic N) is 1. The van der Waals surface area contributed by atoms with E-state index in [1.54, 1.807) is 32.6 Å². The lowest BCUT2D eigenvalue weighted by molar-refractivity contribution is -0.151. The van der Waals surface area contributed by atoms with Gasteiger partial charge in [-0.3, -0.25) is 14.4 Å². The Morgan fingerprint density at radius 1 is 1.46 bits per heavy atom. The maximum Gasteiger partial charge on any atom is 0.308 e. The smallest absolute Gasteiger partial charge is 0.308 e. The Morgan fingerprint density at radius 3 is 2.62 bits per heavy atom. The molecule has 1 rings (SSSR count). The molecule has 1 saturated heterocycles. The maximum atomic E-state index is 12.1. The van der Waals surface area contributed by atoms with Gasteiger partial charge >= 0.3 is 5.97 Å². The molecule has 2 atom stereocenters. The van der Waals surface area contributed by atoms with Gasteiger partial charge in [0.1, 0.15) is 6.04 Å². The minimum Gasteiger partial charge on any atom is -0.463 e. The van der Waals surface area contributed by atoms with E-state index in [1.165, 1.54) is 0 Å². The number of carbonyl (C=O) groups is 3. The molecule has 1 aliphatic heterocycles. The van der Waals surface area contributed by atoms with Crippen molar-refractivity contribution in [3.63, 3.8) is 0 Å². The summed E-state index contributed by atoms with van der Waals surface area (Å²) in [4.78, 5) is 37.8. The van der Waals surface area contributed by atoms with Crippen LogP contribution in [0.5, 0.6) is 0 Å². The molecule has 0 bridgehead atoms. The number of carbonyl (C=O) groups excluding carboxylic acids is 3. The van der Waals surface area contributed by atoms with Crippen LogP contribution in [0.1, 0.15) is 47.5 Å². The Labute approximate surface area is 148 Å². The molecule has 2 amide bonds. The first kappa shape index (κ1) is 20.3. The first-order chi connectivity index (χ1) is 11.1. The number of hydrogen-bond acceptors (Lipinski definition) is 5. The van der Waals surface area contributed by atoms with Crippen LogP contribution in [-0.4, -0.2) is 53.0 Å². The fraction of sp³-hybridized carbons (Fsp3) is 0.750. The molecule has 7 nitrogen and oxygen atoms in total. The highest BCUT2D eigenvalue weighted by Gasteiger charge is 2.35. The molecule has 2 N–H and O–H groups in total. The number of thiocarbonyl (C=S) groups is 1. The minimum absolute atomic E-state index is 0.109. The van der Waals surface area contributed by atoms with Gasteiger partial charge in [-0.2, -0.15) is 0 Å². The van der Waals surface area contributed by atoms with E-state index in [2.05, 4.69) is 10.6 Å². The molecule has 136 valence electrons. The lowest BCUT2D eigenvalue weighted by atomic mass is 9.96. The number of nitrogens with one attached hydrogen (secondary N) is 2. The Bertz CT molecular complexity index is 516. The molecule has 0 aromatic rings. The highest BCUT2D eigenvalue weighted by molar-refractivity contribution is 7.80. The number of rotatable bonds is 4. The van der Waals surface area contributed by atoms with Crippen LogP contribution < -0.4 is 10.6 Å². The molecule has 2 unspecified atom stereocenters. The second kappa shape index (κ2) is 8.41. The largest absolute Gasteiger partial charge is 0.463 e. The Hall–Kier alpha value is -1.70. The van der Waals surface area contributed by atoms with Crippen LogP contribution in [0.15, 0.2) is 0 Å². The summed E-state index contributed by atoms with van der Waals surface area (Å²) < 4.78 is 5.24. The number of piperazine rings is 1. The molecule has 1 heterocycles. The zero-order chi connectivity index (χ0) is 18.5. The van der Waals surface area contributed by atoms with Crippen molar-refractivity contribution in [1.29, 1.82) is 0 Å². The van der Waals surface area contributed by atoms with Gasteiger partial charge in [0.2, 0.25) is 11.8 Å². The van der Waals surface area contributed by atoms with E-state index in [0.717, 1.165) is 0 Å².